The van der Waals surface area contributed by atoms with Crippen molar-refractivity contribution in [2.45, 2.75) is 32.4 Å². The molecule has 0 amide bonds. The second-order valence-electron chi connectivity index (χ2n) is 6.06. The molecule has 1 aromatic carbocycles. The van der Waals surface area contributed by atoms with Gasteiger partial charge in [-0.3, -0.25) is 9.59 Å². The van der Waals surface area contributed by atoms with Crippen LogP contribution in [-0.4, -0.2) is 14.1 Å². The van der Waals surface area contributed by atoms with E-state index in [-0.39, 0.29) is 12.6 Å². The van der Waals surface area contributed by atoms with E-state index in [0.717, 1.165) is 18.4 Å². The lowest BCUT2D eigenvalue weighted by Gasteiger charge is -2.06. The molecule has 1 aliphatic rings. The molecule has 0 bridgehead atoms. The summed E-state index contributed by atoms with van der Waals surface area (Å²) in [5, 5.41) is 0. The number of aryl methyl sites for hydroxylation is 1. The van der Waals surface area contributed by atoms with E-state index in [9.17, 15) is 9.59 Å². The van der Waals surface area contributed by atoms with Crippen LogP contribution in [0.15, 0.2) is 56.7 Å². The van der Waals surface area contributed by atoms with Crippen LogP contribution in [0.1, 0.15) is 30.3 Å². The highest BCUT2D eigenvalue weighted by Gasteiger charge is 2.25. The van der Waals surface area contributed by atoms with Crippen molar-refractivity contribution in [3.63, 3.8) is 0 Å². The molecule has 0 unspecified atom stereocenters. The highest BCUT2D eigenvalue weighted by molar-refractivity contribution is 5.53. The minimum atomic E-state index is -0.520. The number of nitrogens with zero attached hydrogens (tertiary/aromatic N) is 3. The smallest absolute Gasteiger partial charge is 0.316 e. The monoisotopic (exact) mass is 323 g/mol. The minimum absolute atomic E-state index is 0.193. The van der Waals surface area contributed by atoms with Crippen LogP contribution in [0.25, 0.3) is 11.5 Å². The van der Waals surface area contributed by atoms with Gasteiger partial charge in [-0.15, -0.1) is 0 Å². The Morgan fingerprint density at radius 2 is 1.88 bits per heavy atom. The number of aromatic nitrogens is 3. The van der Waals surface area contributed by atoms with Crippen molar-refractivity contribution in [2.75, 3.05) is 0 Å². The highest BCUT2D eigenvalue weighted by Crippen LogP contribution is 2.32. The molecule has 6 nitrogen and oxygen atoms in total. The van der Waals surface area contributed by atoms with Crippen molar-refractivity contribution in [3.05, 3.63) is 74.9 Å². The van der Waals surface area contributed by atoms with Gasteiger partial charge in [0.1, 0.15) is 11.5 Å². The van der Waals surface area contributed by atoms with Gasteiger partial charge in [-0.2, -0.15) is 0 Å². The van der Waals surface area contributed by atoms with Gasteiger partial charge in [0.15, 0.2) is 0 Å². The SMILES string of the molecule is Cc1oc(-c2ccccc2)nc1Cn1ccn(C2CC2)c(=O)c1=O. The molecule has 1 fully saturated rings. The van der Waals surface area contributed by atoms with E-state index in [0.29, 0.717) is 17.3 Å². The lowest BCUT2D eigenvalue weighted by Crippen LogP contribution is -2.40. The second-order valence-corrected chi connectivity index (χ2v) is 6.06. The van der Waals surface area contributed by atoms with Gasteiger partial charge in [0.25, 0.3) is 0 Å². The van der Waals surface area contributed by atoms with E-state index in [2.05, 4.69) is 4.98 Å². The number of benzene rings is 1. The van der Waals surface area contributed by atoms with Gasteiger partial charge < -0.3 is 13.6 Å². The Balaban J connectivity index is 1.67. The summed E-state index contributed by atoms with van der Waals surface area (Å²) in [5.41, 5.74) is 0.542. The van der Waals surface area contributed by atoms with Crippen LogP contribution in [0.2, 0.25) is 0 Å². The molecule has 24 heavy (non-hydrogen) atoms. The molecule has 0 N–H and O–H groups in total. The predicted molar refractivity (Wildman–Crippen MR) is 89.0 cm³/mol. The van der Waals surface area contributed by atoms with Crippen molar-refractivity contribution < 1.29 is 4.42 Å². The predicted octanol–water partition coefficient (Wildman–Crippen LogP) is 2.36. The average Bonchev–Trinajstić information content (AvgIpc) is 3.37. The fourth-order valence-electron chi connectivity index (χ4n) is 2.73. The number of hydrogen-bond donors (Lipinski definition) is 0. The molecule has 0 atom stereocenters. The maximum absolute atomic E-state index is 12.3. The van der Waals surface area contributed by atoms with Crippen LogP contribution in [0, 0.1) is 6.92 Å². The molecular formula is C18H17N3O3. The van der Waals surface area contributed by atoms with Crippen LogP contribution >= 0.6 is 0 Å². The lowest BCUT2D eigenvalue weighted by molar-refractivity contribution is 0.536. The first-order valence-corrected chi connectivity index (χ1v) is 7.97. The summed E-state index contributed by atoms with van der Waals surface area (Å²) in [6.07, 6.45) is 5.27. The zero-order valence-corrected chi connectivity index (χ0v) is 13.3. The van der Waals surface area contributed by atoms with E-state index < -0.39 is 11.1 Å². The number of rotatable bonds is 4. The summed E-state index contributed by atoms with van der Waals surface area (Å²) in [6.45, 7) is 2.03. The zero-order valence-electron chi connectivity index (χ0n) is 13.3. The number of oxazole rings is 1. The summed E-state index contributed by atoms with van der Waals surface area (Å²) in [6, 6.07) is 9.77. The largest absolute Gasteiger partial charge is 0.441 e. The fourth-order valence-corrected chi connectivity index (χ4v) is 2.73. The van der Waals surface area contributed by atoms with Crippen LogP contribution in [0.5, 0.6) is 0 Å². The van der Waals surface area contributed by atoms with E-state index in [4.69, 9.17) is 4.42 Å². The normalized spacial score (nSPS) is 14.0. The first kappa shape index (κ1) is 14.7. The average molecular weight is 323 g/mol. The van der Waals surface area contributed by atoms with E-state index in [1.165, 1.54) is 9.13 Å². The van der Waals surface area contributed by atoms with Crippen LogP contribution in [0.4, 0.5) is 0 Å². The molecule has 0 aliphatic heterocycles. The zero-order chi connectivity index (χ0) is 16.7. The Morgan fingerprint density at radius 3 is 2.58 bits per heavy atom. The summed E-state index contributed by atoms with van der Waals surface area (Å²) >= 11 is 0. The number of hydrogen-bond acceptors (Lipinski definition) is 4. The Bertz CT molecular complexity index is 994. The Morgan fingerprint density at radius 1 is 1.12 bits per heavy atom. The molecule has 0 radical (unpaired) electrons. The van der Waals surface area contributed by atoms with Crippen LogP contribution in [0.3, 0.4) is 0 Å². The standard InChI is InChI=1S/C18H17N3O3/c1-12-15(19-16(24-12)13-5-3-2-4-6-13)11-20-9-10-21(14-7-8-14)18(23)17(20)22/h2-6,9-10,14H,7-8,11H2,1H3. The first-order chi connectivity index (χ1) is 11.6. The molecule has 1 saturated carbocycles. The fraction of sp³-hybridized carbons (Fsp3) is 0.278. The third-order valence-corrected chi connectivity index (χ3v) is 4.26. The van der Waals surface area contributed by atoms with Crippen molar-refractivity contribution in [1.29, 1.82) is 0 Å². The quantitative estimate of drug-likeness (QED) is 0.691. The van der Waals surface area contributed by atoms with Gasteiger partial charge in [-0.05, 0) is 31.9 Å². The van der Waals surface area contributed by atoms with E-state index in [1.807, 2.05) is 37.3 Å². The van der Waals surface area contributed by atoms with Gasteiger partial charge in [0.2, 0.25) is 5.89 Å². The van der Waals surface area contributed by atoms with Gasteiger partial charge in [0, 0.05) is 24.0 Å². The van der Waals surface area contributed by atoms with Crippen molar-refractivity contribution in [1.82, 2.24) is 14.1 Å². The third kappa shape index (κ3) is 2.60. The third-order valence-electron chi connectivity index (χ3n) is 4.26. The highest BCUT2D eigenvalue weighted by atomic mass is 16.4. The van der Waals surface area contributed by atoms with Gasteiger partial charge in [-0.25, -0.2) is 4.98 Å². The summed E-state index contributed by atoms with van der Waals surface area (Å²) in [5.74, 6) is 1.16. The minimum Gasteiger partial charge on any atom is -0.441 e. The van der Waals surface area contributed by atoms with Crippen molar-refractivity contribution >= 4 is 0 Å². The van der Waals surface area contributed by atoms with Gasteiger partial charge >= 0.3 is 11.1 Å². The van der Waals surface area contributed by atoms with Gasteiger partial charge in [-0.1, -0.05) is 18.2 Å². The molecule has 122 valence electrons. The Labute approximate surface area is 138 Å². The van der Waals surface area contributed by atoms with Crippen molar-refractivity contribution in [2.24, 2.45) is 0 Å². The maximum atomic E-state index is 12.3. The van der Waals surface area contributed by atoms with Gasteiger partial charge in [0.05, 0.1) is 6.54 Å². The Hall–Kier alpha value is -2.89. The van der Waals surface area contributed by atoms with Crippen LogP contribution in [-0.2, 0) is 6.54 Å². The topological polar surface area (TPSA) is 70.0 Å². The maximum Gasteiger partial charge on any atom is 0.316 e. The summed E-state index contributed by atoms with van der Waals surface area (Å²) in [4.78, 5) is 28.9. The van der Waals surface area contributed by atoms with Crippen LogP contribution < -0.4 is 11.1 Å². The molecule has 2 aromatic heterocycles. The molecule has 4 rings (SSSR count). The molecule has 0 spiro atoms. The second kappa shape index (κ2) is 5.63. The summed E-state index contributed by atoms with van der Waals surface area (Å²) < 4.78 is 8.63. The molecule has 6 heteroatoms. The molecule has 2 heterocycles. The molecular weight excluding hydrogens is 306 g/mol. The first-order valence-electron chi connectivity index (χ1n) is 7.97. The lowest BCUT2D eigenvalue weighted by atomic mass is 10.2. The molecule has 1 aliphatic carbocycles. The molecule has 0 saturated heterocycles. The Kier molecular flexibility index (Phi) is 3.45. The molecule has 3 aromatic rings. The summed E-state index contributed by atoms with van der Waals surface area (Å²) in [7, 11) is 0. The van der Waals surface area contributed by atoms with E-state index >= 15 is 0 Å². The van der Waals surface area contributed by atoms with E-state index in [1.54, 1.807) is 12.4 Å². The van der Waals surface area contributed by atoms with Crippen molar-refractivity contribution in [3.8, 4) is 11.5 Å².